The maximum Gasteiger partial charge on any atom is 0.224 e. The summed E-state index contributed by atoms with van der Waals surface area (Å²) in [6, 6.07) is 5.41. The molecule has 0 radical (unpaired) electrons. The van der Waals surface area contributed by atoms with E-state index in [9.17, 15) is 10.1 Å². The van der Waals surface area contributed by atoms with Gasteiger partial charge in [0.05, 0.1) is 33.6 Å². The molecule has 1 saturated carbocycles. The number of hydrogen-bond donors (Lipinski definition) is 3. The molecule has 10 nitrogen and oxygen atoms in total. The second-order valence-electron chi connectivity index (χ2n) is 9.95. The van der Waals surface area contributed by atoms with Gasteiger partial charge in [0.15, 0.2) is 5.65 Å². The van der Waals surface area contributed by atoms with Crippen LogP contribution in [0.2, 0.25) is 10.0 Å². The number of aromatic nitrogens is 4. The largest absolute Gasteiger partial charge is 0.381 e. The maximum absolute atomic E-state index is 12.1. The number of nitriles is 1. The zero-order valence-electron chi connectivity index (χ0n) is 20.4. The van der Waals surface area contributed by atoms with Gasteiger partial charge in [0.1, 0.15) is 5.52 Å². The number of rotatable bonds is 6. The zero-order valence-corrected chi connectivity index (χ0v) is 21.9. The molecule has 0 spiro atoms. The summed E-state index contributed by atoms with van der Waals surface area (Å²) in [5.41, 5.74) is 7.25. The van der Waals surface area contributed by atoms with Crippen molar-refractivity contribution in [1.29, 1.82) is 5.26 Å². The zero-order chi connectivity index (χ0) is 26.2. The van der Waals surface area contributed by atoms with Gasteiger partial charge >= 0.3 is 0 Å². The molecule has 1 amide bonds. The maximum atomic E-state index is 12.1. The molecule has 2 fully saturated rings. The van der Waals surface area contributed by atoms with E-state index in [1.54, 1.807) is 18.3 Å². The SMILES string of the molecule is C[C@]1(C(N)=O)CC[C@@H](n2c(Nc3c(Cl)cc(C#N)cc3Cl)nc3cnc(NC4CCOCC4)nc32)CC1. The lowest BCUT2D eigenvalue weighted by Gasteiger charge is -2.35. The van der Waals surface area contributed by atoms with Crippen LogP contribution in [0, 0.1) is 16.7 Å². The number of ether oxygens (including phenoxy) is 1. The third-order valence-corrected chi connectivity index (χ3v) is 8.01. The molecule has 3 aromatic rings. The number of primary amides is 1. The number of carbonyl (C=O) groups is 1. The molecule has 1 aliphatic heterocycles. The monoisotopic (exact) mass is 542 g/mol. The Kier molecular flexibility index (Phi) is 7.12. The summed E-state index contributed by atoms with van der Waals surface area (Å²) < 4.78 is 7.50. The molecule has 2 aromatic heterocycles. The molecular weight excluding hydrogens is 515 g/mol. The Morgan fingerprint density at radius 2 is 1.86 bits per heavy atom. The van der Waals surface area contributed by atoms with Crippen molar-refractivity contribution < 1.29 is 9.53 Å². The molecule has 1 aliphatic carbocycles. The van der Waals surface area contributed by atoms with Crippen LogP contribution in [-0.4, -0.2) is 44.7 Å². The van der Waals surface area contributed by atoms with Crippen LogP contribution in [0.15, 0.2) is 18.3 Å². The van der Waals surface area contributed by atoms with Crippen LogP contribution in [0.25, 0.3) is 11.2 Å². The van der Waals surface area contributed by atoms with Gasteiger partial charge in [-0.15, -0.1) is 0 Å². The number of nitrogens with zero attached hydrogens (tertiary/aromatic N) is 5. The van der Waals surface area contributed by atoms with E-state index in [1.807, 2.05) is 11.5 Å². The van der Waals surface area contributed by atoms with Gasteiger partial charge < -0.3 is 21.1 Å². The van der Waals surface area contributed by atoms with Gasteiger partial charge in [-0.2, -0.15) is 10.2 Å². The van der Waals surface area contributed by atoms with Crippen molar-refractivity contribution in [3.05, 3.63) is 33.9 Å². The molecule has 0 atom stereocenters. The van der Waals surface area contributed by atoms with E-state index in [-0.39, 0.29) is 18.0 Å². The normalized spacial score (nSPS) is 22.5. The van der Waals surface area contributed by atoms with Crippen LogP contribution in [0.4, 0.5) is 17.6 Å². The molecule has 12 heteroatoms. The minimum absolute atomic E-state index is 0.0155. The van der Waals surface area contributed by atoms with E-state index in [0.717, 1.165) is 25.7 Å². The third-order valence-electron chi connectivity index (χ3n) is 7.41. The fourth-order valence-corrected chi connectivity index (χ4v) is 5.61. The minimum Gasteiger partial charge on any atom is -0.381 e. The van der Waals surface area contributed by atoms with Gasteiger partial charge in [0.2, 0.25) is 17.8 Å². The van der Waals surface area contributed by atoms with E-state index >= 15 is 0 Å². The lowest BCUT2D eigenvalue weighted by Crippen LogP contribution is -2.38. The van der Waals surface area contributed by atoms with Crippen LogP contribution in [-0.2, 0) is 9.53 Å². The predicted octanol–water partition coefficient (Wildman–Crippen LogP) is 4.95. The number of hydrogen-bond acceptors (Lipinski definition) is 8. The minimum atomic E-state index is -0.537. The van der Waals surface area contributed by atoms with Gasteiger partial charge in [0, 0.05) is 30.7 Å². The van der Waals surface area contributed by atoms with Crippen LogP contribution in [0.3, 0.4) is 0 Å². The van der Waals surface area contributed by atoms with Crippen molar-refractivity contribution >= 4 is 57.9 Å². The highest BCUT2D eigenvalue weighted by Crippen LogP contribution is 2.43. The molecule has 3 heterocycles. The number of imidazole rings is 1. The van der Waals surface area contributed by atoms with Crippen molar-refractivity contribution in [1.82, 2.24) is 19.5 Å². The van der Waals surface area contributed by atoms with Crippen LogP contribution < -0.4 is 16.4 Å². The first kappa shape index (κ1) is 25.5. The smallest absolute Gasteiger partial charge is 0.224 e. The van der Waals surface area contributed by atoms with Gasteiger partial charge in [-0.1, -0.05) is 30.1 Å². The number of anilines is 3. The van der Waals surface area contributed by atoms with Crippen molar-refractivity contribution in [3.63, 3.8) is 0 Å². The topological polar surface area (TPSA) is 144 Å². The van der Waals surface area contributed by atoms with Crippen molar-refractivity contribution in [2.45, 2.75) is 57.5 Å². The summed E-state index contributed by atoms with van der Waals surface area (Å²) in [7, 11) is 0. The van der Waals surface area contributed by atoms with Crippen LogP contribution >= 0.6 is 23.2 Å². The number of fused-ring (bicyclic) bond motifs is 1. The van der Waals surface area contributed by atoms with Crippen molar-refractivity contribution in [3.8, 4) is 6.07 Å². The third kappa shape index (κ3) is 5.17. The number of amides is 1. The van der Waals surface area contributed by atoms with Crippen LogP contribution in [0.5, 0.6) is 0 Å². The Morgan fingerprint density at radius 3 is 2.49 bits per heavy atom. The fourth-order valence-electron chi connectivity index (χ4n) is 5.03. The molecule has 2 aliphatic rings. The van der Waals surface area contributed by atoms with E-state index in [2.05, 4.69) is 21.7 Å². The molecule has 37 heavy (non-hydrogen) atoms. The van der Waals surface area contributed by atoms with Gasteiger partial charge in [-0.25, -0.2) is 9.97 Å². The molecule has 4 N–H and O–H groups in total. The molecular formula is C25H28Cl2N8O2. The molecule has 1 saturated heterocycles. The first-order chi connectivity index (χ1) is 17.8. The highest BCUT2D eigenvalue weighted by Gasteiger charge is 2.37. The van der Waals surface area contributed by atoms with E-state index in [0.29, 0.717) is 70.4 Å². The molecule has 0 unspecified atom stereocenters. The summed E-state index contributed by atoms with van der Waals surface area (Å²) in [4.78, 5) is 26.2. The lowest BCUT2D eigenvalue weighted by molar-refractivity contribution is -0.128. The second kappa shape index (κ2) is 10.3. The highest BCUT2D eigenvalue weighted by molar-refractivity contribution is 6.39. The Balaban J connectivity index is 1.54. The summed E-state index contributed by atoms with van der Waals surface area (Å²) >= 11 is 12.9. The van der Waals surface area contributed by atoms with Gasteiger partial charge in [-0.05, 0) is 50.7 Å². The van der Waals surface area contributed by atoms with E-state index < -0.39 is 5.41 Å². The standard InChI is InChI=1S/C25H28Cl2N8O2/c1-25(22(29)36)6-2-16(3-7-25)35-21-19(13-30-23(34-21)31-15-4-8-37-9-5-15)32-24(35)33-20-17(26)10-14(12-28)11-18(20)27/h10-11,13,15-16H,2-9H2,1H3,(H2,29,36)(H,32,33)(H,30,31,34)/t16-,25+. The first-order valence-electron chi connectivity index (χ1n) is 12.3. The van der Waals surface area contributed by atoms with Crippen molar-refractivity contribution in [2.24, 2.45) is 11.1 Å². The molecule has 0 bridgehead atoms. The highest BCUT2D eigenvalue weighted by atomic mass is 35.5. The predicted molar refractivity (Wildman–Crippen MR) is 142 cm³/mol. The summed E-state index contributed by atoms with van der Waals surface area (Å²) in [6.45, 7) is 3.34. The average molecular weight is 543 g/mol. The summed E-state index contributed by atoms with van der Waals surface area (Å²) in [5, 5.41) is 16.5. The Hall–Kier alpha value is -3.13. The Morgan fingerprint density at radius 1 is 1.19 bits per heavy atom. The van der Waals surface area contributed by atoms with E-state index in [1.165, 1.54) is 0 Å². The number of carbonyl (C=O) groups excluding carboxylic acids is 1. The molecule has 1 aromatic carbocycles. The van der Waals surface area contributed by atoms with Gasteiger partial charge in [-0.3, -0.25) is 9.36 Å². The second-order valence-corrected chi connectivity index (χ2v) is 10.8. The Bertz CT molecular complexity index is 1350. The van der Waals surface area contributed by atoms with Gasteiger partial charge in [0.25, 0.3) is 0 Å². The first-order valence-corrected chi connectivity index (χ1v) is 13.1. The van der Waals surface area contributed by atoms with Crippen molar-refractivity contribution in [2.75, 3.05) is 23.8 Å². The summed E-state index contributed by atoms with van der Waals surface area (Å²) in [5.74, 6) is 0.759. The summed E-state index contributed by atoms with van der Waals surface area (Å²) in [6.07, 6.45) is 6.23. The number of nitrogens with one attached hydrogen (secondary N) is 2. The van der Waals surface area contributed by atoms with Crippen LogP contribution in [0.1, 0.15) is 57.1 Å². The molecule has 194 valence electrons. The quantitative estimate of drug-likeness (QED) is 0.396. The lowest BCUT2D eigenvalue weighted by atomic mass is 9.73. The number of benzene rings is 1. The number of halogens is 2. The fraction of sp³-hybridized carbons (Fsp3) is 0.480. The average Bonchev–Trinajstić information content (AvgIpc) is 3.24. The Labute approximate surface area is 224 Å². The number of nitrogens with two attached hydrogens (primary N) is 1. The van der Waals surface area contributed by atoms with E-state index in [4.69, 9.17) is 43.6 Å². The molecule has 5 rings (SSSR count).